The van der Waals surface area contributed by atoms with Gasteiger partial charge in [-0.1, -0.05) is 83.6 Å². The fraction of sp³-hybridized carbons (Fsp3) is 0.591. The van der Waals surface area contributed by atoms with Gasteiger partial charge in [0.15, 0.2) is 11.2 Å². The van der Waals surface area contributed by atoms with Gasteiger partial charge in [0, 0.05) is 16.9 Å². The molecule has 0 bridgehead atoms. The van der Waals surface area contributed by atoms with Gasteiger partial charge >= 0.3 is 5.97 Å². The van der Waals surface area contributed by atoms with E-state index in [9.17, 15) is 14.4 Å². The molecule has 1 amide bonds. The van der Waals surface area contributed by atoms with Gasteiger partial charge in [-0.05, 0) is 13.8 Å². The van der Waals surface area contributed by atoms with Crippen LogP contribution in [0.2, 0.25) is 0 Å². The molecule has 1 heterocycles. The van der Waals surface area contributed by atoms with Crippen molar-refractivity contribution in [2.24, 2.45) is 0 Å². The molecule has 1 aliphatic heterocycles. The van der Waals surface area contributed by atoms with E-state index in [1.807, 2.05) is 73.6 Å². The van der Waals surface area contributed by atoms with Gasteiger partial charge in [-0.25, -0.2) is 4.79 Å². The molecule has 0 radical (unpaired) electrons. The summed E-state index contributed by atoms with van der Waals surface area (Å²) in [5.41, 5.74) is 0.735. The summed E-state index contributed by atoms with van der Waals surface area (Å²) >= 11 is 1.08. The number of rotatable bonds is 7. The molecule has 2 unspecified atom stereocenters. The van der Waals surface area contributed by atoms with Gasteiger partial charge in [0.2, 0.25) is 12.7 Å². The molecule has 1 aromatic rings. The Hall–Kier alpha value is -1.86. The molecule has 2 atom stereocenters. The van der Waals surface area contributed by atoms with Crippen molar-refractivity contribution in [2.45, 2.75) is 79.0 Å². The lowest BCUT2D eigenvalue weighted by molar-refractivity contribution is -0.144. The molecular weight excluding hydrogens is 390 g/mol. The van der Waals surface area contributed by atoms with E-state index in [1.165, 1.54) is 0 Å². The second-order valence-corrected chi connectivity index (χ2v) is 7.51. The normalized spacial score (nSPS) is 17.2. The Labute approximate surface area is 180 Å². The number of hydrogen-bond donors (Lipinski definition) is 1. The lowest BCUT2D eigenvalue weighted by atomic mass is 10.2. The smallest absolute Gasteiger partial charge is 0.338 e. The van der Waals surface area contributed by atoms with Crippen LogP contribution >= 0.6 is 11.8 Å². The first-order valence-corrected chi connectivity index (χ1v) is 11.0. The average Bonchev–Trinajstić information content (AvgIpc) is 3.11. The van der Waals surface area contributed by atoms with Gasteiger partial charge in [-0.3, -0.25) is 9.59 Å². The Balaban J connectivity index is 0. The van der Waals surface area contributed by atoms with Crippen LogP contribution in [0.1, 0.15) is 73.7 Å². The highest BCUT2D eigenvalue weighted by molar-refractivity contribution is 8.14. The fourth-order valence-corrected chi connectivity index (χ4v) is 3.13. The number of cyclic esters (lactones) is 1. The third-order valence-corrected chi connectivity index (χ3v) is 4.29. The standard InChI is InChI=1S/C16H19NO5S.3C2H6/c1-16(2,9-17-10-18)23-13(19)8-12-14(20)22-15(21-12)11-6-4-3-5-7-11;3*1-2/h3-7,10,12,15H,8-9H2,1-2H3,(H,17,18);3*1-2H3. The minimum Gasteiger partial charge on any atom is -0.429 e. The molecule has 2 rings (SSSR count). The highest BCUT2D eigenvalue weighted by Crippen LogP contribution is 2.32. The van der Waals surface area contributed by atoms with Gasteiger partial charge in [0.1, 0.15) is 0 Å². The van der Waals surface area contributed by atoms with Crippen molar-refractivity contribution in [3.63, 3.8) is 0 Å². The lowest BCUT2D eigenvalue weighted by Crippen LogP contribution is -2.33. The highest BCUT2D eigenvalue weighted by atomic mass is 32.2. The number of amides is 1. The van der Waals surface area contributed by atoms with Crippen LogP contribution in [0.5, 0.6) is 0 Å². The quantitative estimate of drug-likeness (QED) is 0.493. The fourth-order valence-electron chi connectivity index (χ4n) is 2.13. The van der Waals surface area contributed by atoms with Crippen molar-refractivity contribution in [2.75, 3.05) is 6.54 Å². The first-order valence-electron chi connectivity index (χ1n) is 10.2. The van der Waals surface area contributed by atoms with Gasteiger partial charge in [0.25, 0.3) is 0 Å². The Morgan fingerprint density at radius 2 is 1.66 bits per heavy atom. The molecule has 1 fully saturated rings. The van der Waals surface area contributed by atoms with Crippen molar-refractivity contribution < 1.29 is 23.9 Å². The number of hydrogen-bond acceptors (Lipinski definition) is 6. The van der Waals surface area contributed by atoms with E-state index in [0.717, 1.165) is 17.3 Å². The molecule has 29 heavy (non-hydrogen) atoms. The minimum atomic E-state index is -0.893. The molecule has 7 heteroatoms. The van der Waals surface area contributed by atoms with E-state index < -0.39 is 23.1 Å². The second-order valence-electron chi connectivity index (χ2n) is 5.74. The average molecular weight is 428 g/mol. The Morgan fingerprint density at radius 3 is 2.17 bits per heavy atom. The summed E-state index contributed by atoms with van der Waals surface area (Å²) in [4.78, 5) is 34.3. The molecule has 1 N–H and O–H groups in total. The van der Waals surface area contributed by atoms with Crippen LogP contribution in [0.4, 0.5) is 0 Å². The van der Waals surface area contributed by atoms with E-state index in [4.69, 9.17) is 9.47 Å². The Morgan fingerprint density at radius 1 is 1.10 bits per heavy atom. The van der Waals surface area contributed by atoms with Gasteiger partial charge < -0.3 is 14.8 Å². The number of esters is 1. The van der Waals surface area contributed by atoms with Crippen LogP contribution in [0, 0.1) is 0 Å². The van der Waals surface area contributed by atoms with E-state index in [2.05, 4.69) is 5.32 Å². The van der Waals surface area contributed by atoms with Crippen molar-refractivity contribution >= 4 is 29.3 Å². The molecule has 0 aliphatic carbocycles. The predicted molar refractivity (Wildman–Crippen MR) is 120 cm³/mol. The van der Waals surface area contributed by atoms with Crippen molar-refractivity contribution in [3.05, 3.63) is 35.9 Å². The number of carbonyl (C=O) groups is 3. The van der Waals surface area contributed by atoms with Gasteiger partial charge in [-0.2, -0.15) is 0 Å². The predicted octanol–water partition coefficient (Wildman–Crippen LogP) is 4.88. The number of thioether (sulfide) groups is 1. The van der Waals surface area contributed by atoms with Crippen molar-refractivity contribution in [1.29, 1.82) is 0 Å². The van der Waals surface area contributed by atoms with Crippen molar-refractivity contribution in [3.8, 4) is 0 Å². The number of carbonyl (C=O) groups excluding carboxylic acids is 3. The third kappa shape index (κ3) is 11.7. The summed E-state index contributed by atoms with van der Waals surface area (Å²) in [5, 5.41) is 2.37. The van der Waals surface area contributed by atoms with Crippen LogP contribution in [0.15, 0.2) is 30.3 Å². The third-order valence-electron chi connectivity index (χ3n) is 3.20. The zero-order valence-electron chi connectivity index (χ0n) is 19.0. The summed E-state index contributed by atoms with van der Waals surface area (Å²) in [6.45, 7) is 16.0. The van der Waals surface area contributed by atoms with Crippen LogP contribution in [-0.4, -0.2) is 34.9 Å². The second kappa shape index (κ2) is 17.0. The van der Waals surface area contributed by atoms with Gasteiger partial charge in [-0.15, -0.1) is 0 Å². The molecule has 1 saturated heterocycles. The zero-order chi connectivity index (χ0) is 22.9. The first kappa shape index (κ1) is 29.3. The Kier molecular flexibility index (Phi) is 17.2. The van der Waals surface area contributed by atoms with Crippen LogP contribution in [0.25, 0.3) is 0 Å². The molecule has 166 valence electrons. The largest absolute Gasteiger partial charge is 0.429 e. The maximum absolute atomic E-state index is 12.1. The molecule has 1 aliphatic rings. The summed E-state index contributed by atoms with van der Waals surface area (Å²) < 4.78 is 10.3. The van der Waals surface area contributed by atoms with E-state index in [1.54, 1.807) is 12.1 Å². The molecular formula is C22H37NO5S. The Bertz CT molecular complexity index is 578. The van der Waals surface area contributed by atoms with E-state index >= 15 is 0 Å². The zero-order valence-corrected chi connectivity index (χ0v) is 19.8. The van der Waals surface area contributed by atoms with Crippen LogP contribution in [0.3, 0.4) is 0 Å². The maximum atomic E-state index is 12.1. The minimum absolute atomic E-state index is 0.0582. The number of ether oxygens (including phenoxy) is 2. The molecule has 6 nitrogen and oxygen atoms in total. The van der Waals surface area contributed by atoms with Crippen LogP contribution in [-0.2, 0) is 23.9 Å². The summed E-state index contributed by atoms with van der Waals surface area (Å²) in [6, 6.07) is 9.09. The van der Waals surface area contributed by atoms with Crippen LogP contribution < -0.4 is 5.32 Å². The molecule has 0 aromatic heterocycles. The van der Waals surface area contributed by atoms with E-state index in [0.29, 0.717) is 13.0 Å². The SMILES string of the molecule is CC.CC.CC.CC(C)(CNC=O)SC(=O)CC1OC(c2ccccc2)OC1=O. The summed E-state index contributed by atoms with van der Waals surface area (Å²) in [7, 11) is 0. The molecule has 0 spiro atoms. The summed E-state index contributed by atoms with van der Waals surface area (Å²) in [6.07, 6.45) is -1.13. The summed E-state index contributed by atoms with van der Waals surface area (Å²) in [5.74, 6) is -0.531. The number of nitrogens with one attached hydrogen (secondary N) is 1. The lowest BCUT2D eigenvalue weighted by Gasteiger charge is -2.22. The topological polar surface area (TPSA) is 81.7 Å². The maximum Gasteiger partial charge on any atom is 0.338 e. The van der Waals surface area contributed by atoms with Gasteiger partial charge in [0.05, 0.1) is 6.42 Å². The molecule has 0 saturated carbocycles. The monoisotopic (exact) mass is 427 g/mol. The van der Waals surface area contributed by atoms with E-state index in [-0.39, 0.29) is 11.5 Å². The highest BCUT2D eigenvalue weighted by Gasteiger charge is 2.38. The van der Waals surface area contributed by atoms with Crippen molar-refractivity contribution in [1.82, 2.24) is 5.32 Å². The molecule has 1 aromatic carbocycles. The first-order chi connectivity index (χ1) is 13.9. The number of benzene rings is 1.